The van der Waals surface area contributed by atoms with Gasteiger partial charge in [-0.15, -0.1) is 5.10 Å². The Labute approximate surface area is 115 Å². The number of likely N-dealkylation sites (tertiary alicyclic amines) is 1. The highest BCUT2D eigenvalue weighted by molar-refractivity contribution is 6.29. The van der Waals surface area contributed by atoms with Gasteiger partial charge in [-0.3, -0.25) is 0 Å². The largest absolute Gasteiger partial charge is 0.301 e. The molecule has 0 aliphatic carbocycles. The van der Waals surface area contributed by atoms with E-state index in [0.29, 0.717) is 11.2 Å². The maximum atomic E-state index is 5.75. The molecule has 3 nitrogen and oxygen atoms in total. The molecule has 2 heterocycles. The molecule has 1 unspecified atom stereocenters. The molecule has 0 N–H and O–H groups in total. The summed E-state index contributed by atoms with van der Waals surface area (Å²) in [6.07, 6.45) is 4.90. The zero-order chi connectivity index (χ0) is 13.0. The van der Waals surface area contributed by atoms with Gasteiger partial charge in [0.2, 0.25) is 0 Å². The first kappa shape index (κ1) is 13.8. The summed E-state index contributed by atoms with van der Waals surface area (Å²) in [5.74, 6) is 0.740. The number of hydrogen-bond donors (Lipinski definition) is 0. The van der Waals surface area contributed by atoms with Crippen LogP contribution in [0.25, 0.3) is 0 Å². The summed E-state index contributed by atoms with van der Waals surface area (Å²) in [6, 6.07) is 4.50. The Morgan fingerprint density at radius 3 is 2.78 bits per heavy atom. The van der Waals surface area contributed by atoms with Crippen LogP contribution in [0.5, 0.6) is 0 Å². The average Bonchev–Trinajstić information content (AvgIpc) is 2.58. The van der Waals surface area contributed by atoms with Gasteiger partial charge in [-0.2, -0.15) is 5.10 Å². The maximum absolute atomic E-state index is 5.75. The first-order valence-corrected chi connectivity index (χ1v) is 7.25. The van der Waals surface area contributed by atoms with Gasteiger partial charge in [0, 0.05) is 6.04 Å². The molecule has 1 saturated heterocycles. The molecule has 0 aromatic carbocycles. The summed E-state index contributed by atoms with van der Waals surface area (Å²) in [7, 11) is 0. The minimum atomic E-state index is 0.477. The van der Waals surface area contributed by atoms with Crippen molar-refractivity contribution in [2.24, 2.45) is 5.92 Å². The van der Waals surface area contributed by atoms with Crippen molar-refractivity contribution in [3.63, 3.8) is 0 Å². The van der Waals surface area contributed by atoms with Crippen molar-refractivity contribution in [1.29, 1.82) is 0 Å². The molecule has 1 aromatic rings. The van der Waals surface area contributed by atoms with Gasteiger partial charge < -0.3 is 4.90 Å². The van der Waals surface area contributed by atoms with Gasteiger partial charge in [0.25, 0.3) is 0 Å². The molecular formula is C14H22ClN3. The van der Waals surface area contributed by atoms with Crippen LogP contribution in [-0.4, -0.2) is 34.2 Å². The molecule has 18 heavy (non-hydrogen) atoms. The van der Waals surface area contributed by atoms with Crippen LogP contribution < -0.4 is 0 Å². The molecule has 1 atom stereocenters. The first-order chi connectivity index (χ1) is 8.65. The van der Waals surface area contributed by atoms with Crippen LogP contribution >= 0.6 is 11.6 Å². The molecule has 0 radical (unpaired) electrons. The molecular weight excluding hydrogens is 246 g/mol. The molecule has 1 aromatic heterocycles. The second-order valence-electron chi connectivity index (χ2n) is 5.48. The molecule has 1 aliphatic rings. The lowest BCUT2D eigenvalue weighted by Gasteiger charge is -2.24. The Bertz CT molecular complexity index is 364. The van der Waals surface area contributed by atoms with E-state index in [9.17, 15) is 0 Å². The zero-order valence-corrected chi connectivity index (χ0v) is 12.0. The fourth-order valence-electron chi connectivity index (χ4n) is 2.66. The van der Waals surface area contributed by atoms with Crippen LogP contribution in [-0.2, 0) is 6.42 Å². The van der Waals surface area contributed by atoms with E-state index in [-0.39, 0.29) is 0 Å². The smallest absolute Gasteiger partial charge is 0.151 e. The van der Waals surface area contributed by atoms with Crippen LogP contribution in [0.15, 0.2) is 12.1 Å². The third-order valence-electron chi connectivity index (χ3n) is 3.80. The SMILES string of the molecule is CC(C)N1CCCC(Cc2ccc(Cl)nn2)CC1. The minimum absolute atomic E-state index is 0.477. The van der Waals surface area contributed by atoms with Crippen molar-refractivity contribution < 1.29 is 0 Å². The summed E-state index contributed by atoms with van der Waals surface area (Å²) in [5, 5.41) is 8.56. The van der Waals surface area contributed by atoms with E-state index in [1.807, 2.05) is 12.1 Å². The molecule has 0 spiro atoms. The summed E-state index contributed by atoms with van der Waals surface area (Å²) in [6.45, 7) is 7.01. The maximum Gasteiger partial charge on any atom is 0.151 e. The summed E-state index contributed by atoms with van der Waals surface area (Å²) >= 11 is 5.75. The number of nitrogens with zero attached hydrogens (tertiary/aromatic N) is 3. The van der Waals surface area contributed by atoms with Crippen molar-refractivity contribution in [1.82, 2.24) is 15.1 Å². The van der Waals surface area contributed by atoms with Crippen LogP contribution in [0.3, 0.4) is 0 Å². The quantitative estimate of drug-likeness (QED) is 0.842. The highest BCUT2D eigenvalue weighted by Crippen LogP contribution is 2.22. The summed E-state index contributed by atoms with van der Waals surface area (Å²) in [4.78, 5) is 2.58. The highest BCUT2D eigenvalue weighted by Gasteiger charge is 2.19. The van der Waals surface area contributed by atoms with Crippen molar-refractivity contribution in [2.45, 2.75) is 45.6 Å². The minimum Gasteiger partial charge on any atom is -0.301 e. The Kier molecular flexibility index (Phi) is 4.95. The lowest BCUT2D eigenvalue weighted by Crippen LogP contribution is -2.31. The fourth-order valence-corrected chi connectivity index (χ4v) is 2.76. The molecule has 0 saturated carbocycles. The third-order valence-corrected chi connectivity index (χ3v) is 4.00. The molecule has 1 aliphatic heterocycles. The van der Waals surface area contributed by atoms with E-state index in [1.54, 1.807) is 0 Å². The molecule has 1 fully saturated rings. The molecule has 2 rings (SSSR count). The fraction of sp³-hybridized carbons (Fsp3) is 0.714. The predicted molar refractivity (Wildman–Crippen MR) is 74.8 cm³/mol. The van der Waals surface area contributed by atoms with Crippen molar-refractivity contribution in [3.8, 4) is 0 Å². The normalized spacial score (nSPS) is 22.1. The van der Waals surface area contributed by atoms with Crippen LogP contribution in [0.1, 0.15) is 38.8 Å². The summed E-state index contributed by atoms with van der Waals surface area (Å²) < 4.78 is 0. The number of rotatable bonds is 3. The van der Waals surface area contributed by atoms with Crippen molar-refractivity contribution in [2.75, 3.05) is 13.1 Å². The predicted octanol–water partition coefficient (Wildman–Crippen LogP) is 3.18. The third kappa shape index (κ3) is 3.92. The average molecular weight is 268 g/mol. The number of halogens is 1. The van der Waals surface area contributed by atoms with Gasteiger partial charge in [0.15, 0.2) is 5.15 Å². The molecule has 4 heteroatoms. The van der Waals surface area contributed by atoms with E-state index >= 15 is 0 Å². The van der Waals surface area contributed by atoms with E-state index in [2.05, 4.69) is 28.9 Å². The molecule has 0 amide bonds. The van der Waals surface area contributed by atoms with E-state index < -0.39 is 0 Å². The van der Waals surface area contributed by atoms with Crippen LogP contribution in [0.4, 0.5) is 0 Å². The van der Waals surface area contributed by atoms with E-state index in [4.69, 9.17) is 11.6 Å². The highest BCUT2D eigenvalue weighted by atomic mass is 35.5. The standard InChI is InChI=1S/C14H22ClN3/c1-11(2)18-8-3-4-12(7-9-18)10-13-5-6-14(15)17-16-13/h5-6,11-12H,3-4,7-10H2,1-2H3. The molecule has 100 valence electrons. The lowest BCUT2D eigenvalue weighted by atomic mass is 9.95. The Balaban J connectivity index is 1.88. The van der Waals surface area contributed by atoms with Crippen LogP contribution in [0, 0.1) is 5.92 Å². The molecule has 0 bridgehead atoms. The van der Waals surface area contributed by atoms with Gasteiger partial charge in [-0.25, -0.2) is 0 Å². The second kappa shape index (κ2) is 6.48. The topological polar surface area (TPSA) is 29.0 Å². The van der Waals surface area contributed by atoms with Gasteiger partial charge in [0.1, 0.15) is 0 Å². The first-order valence-electron chi connectivity index (χ1n) is 6.87. The van der Waals surface area contributed by atoms with Gasteiger partial charge in [-0.05, 0) is 70.7 Å². The number of hydrogen-bond acceptors (Lipinski definition) is 3. The summed E-state index contributed by atoms with van der Waals surface area (Å²) in [5.41, 5.74) is 1.07. The Morgan fingerprint density at radius 2 is 2.11 bits per heavy atom. The van der Waals surface area contributed by atoms with Gasteiger partial charge in [-0.1, -0.05) is 11.6 Å². The lowest BCUT2D eigenvalue weighted by molar-refractivity contribution is 0.227. The van der Waals surface area contributed by atoms with Gasteiger partial charge >= 0.3 is 0 Å². The van der Waals surface area contributed by atoms with Gasteiger partial charge in [0.05, 0.1) is 5.69 Å². The van der Waals surface area contributed by atoms with Crippen molar-refractivity contribution in [3.05, 3.63) is 23.0 Å². The Morgan fingerprint density at radius 1 is 1.28 bits per heavy atom. The van der Waals surface area contributed by atoms with E-state index in [1.165, 1.54) is 32.4 Å². The Hall–Kier alpha value is -0.670. The second-order valence-corrected chi connectivity index (χ2v) is 5.87. The van der Waals surface area contributed by atoms with Crippen LogP contribution in [0.2, 0.25) is 5.15 Å². The van der Waals surface area contributed by atoms with Crippen molar-refractivity contribution >= 4 is 11.6 Å². The monoisotopic (exact) mass is 267 g/mol. The van der Waals surface area contributed by atoms with E-state index in [0.717, 1.165) is 18.0 Å². The zero-order valence-electron chi connectivity index (χ0n) is 11.3. The number of aromatic nitrogens is 2.